The third-order valence-electron chi connectivity index (χ3n) is 5.32. The molecule has 1 heterocycles. The second-order valence-corrected chi connectivity index (χ2v) is 6.74. The number of methoxy groups -OCH3 is 3. The number of nitrogens with zero attached hydrogens (tertiary/aromatic N) is 1. The van der Waals surface area contributed by atoms with Crippen LogP contribution >= 0.6 is 0 Å². The number of hydrogen-bond donors (Lipinski definition) is 1. The molecule has 0 saturated heterocycles. The van der Waals surface area contributed by atoms with Crippen LogP contribution in [0.3, 0.4) is 0 Å². The molecule has 1 aliphatic rings. The Kier molecular flexibility index (Phi) is 4.73. The van der Waals surface area contributed by atoms with E-state index in [-0.39, 0.29) is 5.56 Å². The Morgan fingerprint density at radius 3 is 2.31 bits per heavy atom. The standard InChI is InChI=1S/C23H20N2O4/c1-27-18-10-14(11-19(28-2)22(18)29-3)20-16-9-8-13-6-4-5-7-15(13)21(16)25-23(26)17(20)12-24/h4-7,10-11H,8-9H2,1-3H3,(H,25,26). The van der Waals surface area contributed by atoms with Crippen LogP contribution in [0.4, 0.5) is 0 Å². The number of nitrogens with one attached hydrogen (secondary N) is 1. The van der Waals surface area contributed by atoms with Crippen molar-refractivity contribution in [2.24, 2.45) is 0 Å². The van der Waals surface area contributed by atoms with Crippen molar-refractivity contribution in [2.45, 2.75) is 12.8 Å². The number of fused-ring (bicyclic) bond motifs is 3. The fraction of sp³-hybridized carbons (Fsp3) is 0.217. The van der Waals surface area contributed by atoms with Crippen LogP contribution in [0.25, 0.3) is 22.4 Å². The highest BCUT2D eigenvalue weighted by Crippen LogP contribution is 2.44. The molecule has 3 aromatic rings. The number of aromatic nitrogens is 1. The topological polar surface area (TPSA) is 84.3 Å². The molecule has 1 aliphatic carbocycles. The number of H-pyrrole nitrogens is 1. The molecule has 146 valence electrons. The maximum atomic E-state index is 12.8. The van der Waals surface area contributed by atoms with Crippen LogP contribution in [-0.4, -0.2) is 26.3 Å². The van der Waals surface area contributed by atoms with Crippen LogP contribution in [0.1, 0.15) is 16.7 Å². The second-order valence-electron chi connectivity index (χ2n) is 6.74. The maximum absolute atomic E-state index is 12.8. The van der Waals surface area contributed by atoms with E-state index in [0.717, 1.165) is 23.2 Å². The van der Waals surface area contributed by atoms with Gasteiger partial charge in [-0.25, -0.2) is 0 Å². The van der Waals surface area contributed by atoms with E-state index >= 15 is 0 Å². The highest BCUT2D eigenvalue weighted by molar-refractivity contribution is 5.84. The Morgan fingerprint density at radius 2 is 1.69 bits per heavy atom. The first-order valence-electron chi connectivity index (χ1n) is 9.20. The van der Waals surface area contributed by atoms with Crippen molar-refractivity contribution in [3.8, 4) is 45.7 Å². The predicted octanol–water partition coefficient (Wildman–Crippen LogP) is 3.70. The quantitative estimate of drug-likeness (QED) is 0.737. The Balaban J connectivity index is 2.07. The summed E-state index contributed by atoms with van der Waals surface area (Å²) in [4.78, 5) is 15.7. The van der Waals surface area contributed by atoms with Crippen molar-refractivity contribution in [2.75, 3.05) is 21.3 Å². The normalized spacial score (nSPS) is 11.8. The van der Waals surface area contributed by atoms with Gasteiger partial charge in [-0.3, -0.25) is 4.79 Å². The monoisotopic (exact) mass is 388 g/mol. The first-order chi connectivity index (χ1) is 14.1. The molecule has 1 aromatic heterocycles. The summed E-state index contributed by atoms with van der Waals surface area (Å²) in [6, 6.07) is 13.6. The highest BCUT2D eigenvalue weighted by Gasteiger charge is 2.26. The molecule has 0 bridgehead atoms. The number of benzene rings is 2. The Hall–Kier alpha value is -3.72. The van der Waals surface area contributed by atoms with Crippen LogP contribution in [0, 0.1) is 11.3 Å². The summed E-state index contributed by atoms with van der Waals surface area (Å²) in [6.07, 6.45) is 1.54. The van der Waals surface area contributed by atoms with Gasteiger partial charge in [0.05, 0.1) is 27.0 Å². The van der Waals surface area contributed by atoms with Crippen molar-refractivity contribution < 1.29 is 14.2 Å². The van der Waals surface area contributed by atoms with E-state index in [9.17, 15) is 10.1 Å². The molecule has 0 fully saturated rings. The lowest BCUT2D eigenvalue weighted by atomic mass is 9.83. The molecular formula is C23H20N2O4. The summed E-state index contributed by atoms with van der Waals surface area (Å²) in [6.45, 7) is 0. The van der Waals surface area contributed by atoms with Gasteiger partial charge in [-0.05, 0) is 41.7 Å². The van der Waals surface area contributed by atoms with Gasteiger partial charge in [0.15, 0.2) is 11.5 Å². The second kappa shape index (κ2) is 7.36. The van der Waals surface area contributed by atoms with Crippen LogP contribution in [0.2, 0.25) is 0 Å². The number of aromatic amines is 1. The van der Waals surface area contributed by atoms with Crippen LogP contribution in [0.5, 0.6) is 17.2 Å². The summed E-state index contributed by atoms with van der Waals surface area (Å²) in [5.74, 6) is 1.40. The summed E-state index contributed by atoms with van der Waals surface area (Å²) >= 11 is 0. The number of ether oxygens (including phenoxy) is 3. The van der Waals surface area contributed by atoms with Gasteiger partial charge in [0, 0.05) is 11.1 Å². The van der Waals surface area contributed by atoms with E-state index in [0.29, 0.717) is 34.8 Å². The zero-order valence-corrected chi connectivity index (χ0v) is 16.5. The molecule has 6 heteroatoms. The SMILES string of the molecule is COc1cc(-c2c3c([nH]c(=O)c2C#N)-c2ccccc2CC3)cc(OC)c1OC. The van der Waals surface area contributed by atoms with Crippen molar-refractivity contribution in [3.05, 3.63) is 63.4 Å². The highest BCUT2D eigenvalue weighted by atomic mass is 16.5. The predicted molar refractivity (Wildman–Crippen MR) is 110 cm³/mol. The van der Waals surface area contributed by atoms with Gasteiger partial charge in [0.2, 0.25) is 5.75 Å². The summed E-state index contributed by atoms with van der Waals surface area (Å²) in [5, 5.41) is 9.75. The van der Waals surface area contributed by atoms with Gasteiger partial charge in [0.25, 0.3) is 5.56 Å². The van der Waals surface area contributed by atoms with Crippen LogP contribution in [-0.2, 0) is 12.8 Å². The van der Waals surface area contributed by atoms with Crippen molar-refractivity contribution in [1.29, 1.82) is 5.26 Å². The molecular weight excluding hydrogens is 368 g/mol. The molecule has 0 atom stereocenters. The molecule has 0 radical (unpaired) electrons. The lowest BCUT2D eigenvalue weighted by Crippen LogP contribution is -2.19. The lowest BCUT2D eigenvalue weighted by molar-refractivity contribution is 0.324. The zero-order chi connectivity index (χ0) is 20.5. The minimum atomic E-state index is -0.410. The molecule has 0 aliphatic heterocycles. The molecule has 6 nitrogen and oxygen atoms in total. The molecule has 0 amide bonds. The fourth-order valence-corrected chi connectivity index (χ4v) is 4.01. The molecule has 0 spiro atoms. The average molecular weight is 388 g/mol. The molecule has 1 N–H and O–H groups in total. The first-order valence-corrected chi connectivity index (χ1v) is 9.20. The van der Waals surface area contributed by atoms with Gasteiger partial charge in [-0.15, -0.1) is 0 Å². The van der Waals surface area contributed by atoms with Crippen molar-refractivity contribution in [3.63, 3.8) is 0 Å². The van der Waals surface area contributed by atoms with Gasteiger partial charge in [-0.2, -0.15) is 5.26 Å². The van der Waals surface area contributed by atoms with E-state index in [4.69, 9.17) is 14.2 Å². The Bertz CT molecular complexity index is 1180. The summed E-state index contributed by atoms with van der Waals surface area (Å²) < 4.78 is 16.3. The third kappa shape index (κ3) is 2.92. The minimum absolute atomic E-state index is 0.0809. The zero-order valence-electron chi connectivity index (χ0n) is 16.5. The fourth-order valence-electron chi connectivity index (χ4n) is 4.01. The summed E-state index contributed by atoms with van der Waals surface area (Å²) in [7, 11) is 4.61. The van der Waals surface area contributed by atoms with E-state index in [2.05, 4.69) is 17.1 Å². The summed E-state index contributed by atoms with van der Waals surface area (Å²) in [5.41, 5.74) is 4.83. The smallest absolute Gasteiger partial charge is 0.266 e. The van der Waals surface area contributed by atoms with Gasteiger partial charge in [0.1, 0.15) is 11.6 Å². The average Bonchev–Trinajstić information content (AvgIpc) is 2.76. The molecule has 0 saturated carbocycles. The first kappa shape index (κ1) is 18.6. The number of rotatable bonds is 4. The lowest BCUT2D eigenvalue weighted by Gasteiger charge is -2.23. The number of aryl methyl sites for hydroxylation is 1. The van der Waals surface area contributed by atoms with Gasteiger partial charge < -0.3 is 19.2 Å². The van der Waals surface area contributed by atoms with Crippen LogP contribution < -0.4 is 19.8 Å². The third-order valence-corrected chi connectivity index (χ3v) is 5.32. The van der Waals surface area contributed by atoms with Gasteiger partial charge >= 0.3 is 0 Å². The van der Waals surface area contributed by atoms with Crippen molar-refractivity contribution in [1.82, 2.24) is 4.98 Å². The van der Waals surface area contributed by atoms with Gasteiger partial charge in [-0.1, -0.05) is 24.3 Å². The minimum Gasteiger partial charge on any atom is -0.493 e. The largest absolute Gasteiger partial charge is 0.493 e. The Morgan fingerprint density at radius 1 is 1.00 bits per heavy atom. The van der Waals surface area contributed by atoms with Crippen LogP contribution in [0.15, 0.2) is 41.2 Å². The van der Waals surface area contributed by atoms with E-state index in [1.54, 1.807) is 12.1 Å². The molecule has 29 heavy (non-hydrogen) atoms. The number of nitriles is 1. The molecule has 4 rings (SSSR count). The van der Waals surface area contributed by atoms with E-state index < -0.39 is 5.56 Å². The van der Waals surface area contributed by atoms with E-state index in [1.807, 2.05) is 18.2 Å². The maximum Gasteiger partial charge on any atom is 0.266 e. The molecule has 0 unspecified atom stereocenters. The number of pyridine rings is 1. The van der Waals surface area contributed by atoms with Crippen molar-refractivity contribution >= 4 is 0 Å². The Labute approximate surface area is 168 Å². The molecule has 2 aromatic carbocycles. The van der Waals surface area contributed by atoms with E-state index in [1.165, 1.54) is 26.9 Å². The number of hydrogen-bond acceptors (Lipinski definition) is 5.